The molecule has 2 N–H and O–H groups in total. The summed E-state index contributed by atoms with van der Waals surface area (Å²) in [6, 6.07) is 9.28. The first kappa shape index (κ1) is 17.5. The second kappa shape index (κ2) is 8.70. The van der Waals surface area contributed by atoms with E-state index in [9.17, 15) is 4.79 Å². The number of amides is 1. The molecule has 0 saturated carbocycles. The molecule has 0 unspecified atom stereocenters. The van der Waals surface area contributed by atoms with Gasteiger partial charge in [-0.1, -0.05) is 25.1 Å². The number of benzene rings is 1. The van der Waals surface area contributed by atoms with Crippen LogP contribution in [0.4, 0.5) is 5.69 Å². The highest BCUT2D eigenvalue weighted by atomic mass is 16.7. The quantitative estimate of drug-likeness (QED) is 0.811. The van der Waals surface area contributed by atoms with E-state index in [1.807, 2.05) is 50.3 Å². The zero-order valence-corrected chi connectivity index (χ0v) is 13.7. The van der Waals surface area contributed by atoms with Gasteiger partial charge in [0.2, 0.25) is 6.29 Å². The first-order valence-corrected chi connectivity index (χ1v) is 8.13. The summed E-state index contributed by atoms with van der Waals surface area (Å²) in [6.07, 6.45) is 2.88. The molecule has 0 aromatic heterocycles. The van der Waals surface area contributed by atoms with Gasteiger partial charge in [-0.15, -0.1) is 0 Å². The fraction of sp³-hybridized carbons (Fsp3) is 0.500. The van der Waals surface area contributed by atoms with Crippen LogP contribution in [0.25, 0.3) is 0 Å². The molecular formula is C18H25NO4. The lowest BCUT2D eigenvalue weighted by atomic mass is 9.86. The fourth-order valence-corrected chi connectivity index (χ4v) is 2.75. The van der Waals surface area contributed by atoms with Crippen LogP contribution in [0.5, 0.6) is 0 Å². The normalized spacial score (nSPS) is 23.8. The first-order chi connectivity index (χ1) is 11.2. The first-order valence-electron chi connectivity index (χ1n) is 8.13. The van der Waals surface area contributed by atoms with Crippen molar-refractivity contribution >= 4 is 11.6 Å². The number of hydrogen-bond acceptors (Lipinski definition) is 4. The van der Waals surface area contributed by atoms with Gasteiger partial charge in [-0.3, -0.25) is 4.79 Å². The van der Waals surface area contributed by atoms with Crippen molar-refractivity contribution in [2.75, 3.05) is 18.5 Å². The summed E-state index contributed by atoms with van der Waals surface area (Å²) in [7, 11) is 0. The zero-order valence-electron chi connectivity index (χ0n) is 13.7. The summed E-state index contributed by atoms with van der Waals surface area (Å²) in [5.41, 5.74) is 0.727. The maximum absolute atomic E-state index is 12.4. The second-order valence-electron chi connectivity index (χ2n) is 5.68. The standard InChI is InChI=1S/C18H25NO4/c1-3-22-18-15(10-7-11-20)13(2)12-16(23-18)17(21)19-14-8-5-4-6-9-14/h4-6,8-9,12-13,15,18,20H,3,7,10-11H2,1-2H3,(H,19,21)/t13-,15+,18+/m1/s1. The van der Waals surface area contributed by atoms with Crippen molar-refractivity contribution in [1.82, 2.24) is 0 Å². The summed E-state index contributed by atoms with van der Waals surface area (Å²) < 4.78 is 11.5. The van der Waals surface area contributed by atoms with Crippen LogP contribution < -0.4 is 5.32 Å². The Morgan fingerprint density at radius 2 is 2.09 bits per heavy atom. The maximum atomic E-state index is 12.4. The molecule has 0 saturated heterocycles. The number of nitrogens with one attached hydrogen (secondary N) is 1. The largest absolute Gasteiger partial charge is 0.459 e. The lowest BCUT2D eigenvalue weighted by Crippen LogP contribution is -2.37. The topological polar surface area (TPSA) is 67.8 Å². The van der Waals surface area contributed by atoms with Gasteiger partial charge in [0.25, 0.3) is 5.91 Å². The Hall–Kier alpha value is -1.85. The minimum absolute atomic E-state index is 0.135. The van der Waals surface area contributed by atoms with E-state index < -0.39 is 6.29 Å². The lowest BCUT2D eigenvalue weighted by Gasteiger charge is -2.35. The molecule has 2 rings (SSSR count). The molecule has 23 heavy (non-hydrogen) atoms. The Morgan fingerprint density at radius 1 is 1.35 bits per heavy atom. The highest BCUT2D eigenvalue weighted by Crippen LogP contribution is 2.32. The van der Waals surface area contributed by atoms with Gasteiger partial charge >= 0.3 is 0 Å². The van der Waals surface area contributed by atoms with E-state index in [4.69, 9.17) is 14.6 Å². The Bertz CT molecular complexity index is 529. The Balaban J connectivity index is 2.08. The van der Waals surface area contributed by atoms with Gasteiger partial charge in [0.15, 0.2) is 5.76 Å². The molecule has 1 heterocycles. The van der Waals surface area contributed by atoms with Gasteiger partial charge in [-0.05, 0) is 43.9 Å². The van der Waals surface area contributed by atoms with Crippen molar-refractivity contribution in [1.29, 1.82) is 0 Å². The molecular weight excluding hydrogens is 294 g/mol. The molecule has 0 fully saturated rings. The summed E-state index contributed by atoms with van der Waals surface area (Å²) in [6.45, 7) is 4.61. The molecule has 0 radical (unpaired) electrons. The molecule has 126 valence electrons. The fourth-order valence-electron chi connectivity index (χ4n) is 2.75. The molecule has 1 aliphatic heterocycles. The van der Waals surface area contributed by atoms with Crippen LogP contribution in [0.1, 0.15) is 26.7 Å². The van der Waals surface area contributed by atoms with E-state index in [0.29, 0.717) is 18.8 Å². The Labute approximate surface area is 137 Å². The highest BCUT2D eigenvalue weighted by molar-refractivity contribution is 6.02. The highest BCUT2D eigenvalue weighted by Gasteiger charge is 2.34. The third-order valence-electron chi connectivity index (χ3n) is 3.96. The van der Waals surface area contributed by atoms with Crippen LogP contribution in [0.2, 0.25) is 0 Å². The molecule has 0 aliphatic carbocycles. The van der Waals surface area contributed by atoms with Gasteiger partial charge in [0.05, 0.1) is 0 Å². The minimum Gasteiger partial charge on any atom is -0.459 e. The number of anilines is 1. The Kier molecular flexibility index (Phi) is 6.62. The summed E-state index contributed by atoms with van der Waals surface area (Å²) in [5.74, 6) is 0.298. The van der Waals surface area contributed by atoms with Crippen LogP contribution in [0.15, 0.2) is 42.2 Å². The monoisotopic (exact) mass is 319 g/mol. The molecule has 3 atom stereocenters. The molecule has 5 nitrogen and oxygen atoms in total. The van der Waals surface area contributed by atoms with Gasteiger partial charge < -0.3 is 19.9 Å². The minimum atomic E-state index is -0.455. The zero-order chi connectivity index (χ0) is 16.7. The van der Waals surface area contributed by atoms with Gasteiger partial charge in [0, 0.05) is 24.8 Å². The number of hydrogen-bond donors (Lipinski definition) is 2. The molecule has 5 heteroatoms. The average molecular weight is 319 g/mol. The van der Waals surface area contributed by atoms with Crippen LogP contribution in [-0.2, 0) is 14.3 Å². The third-order valence-corrected chi connectivity index (χ3v) is 3.96. The van der Waals surface area contributed by atoms with Gasteiger partial charge in [0.1, 0.15) is 0 Å². The van der Waals surface area contributed by atoms with Crippen LogP contribution >= 0.6 is 0 Å². The summed E-state index contributed by atoms with van der Waals surface area (Å²) in [5, 5.41) is 11.9. The van der Waals surface area contributed by atoms with Gasteiger partial charge in [-0.25, -0.2) is 0 Å². The number of ether oxygens (including phenoxy) is 2. The van der Waals surface area contributed by atoms with E-state index in [1.54, 1.807) is 0 Å². The van der Waals surface area contributed by atoms with E-state index >= 15 is 0 Å². The number of rotatable bonds is 7. The van der Waals surface area contributed by atoms with E-state index in [-0.39, 0.29) is 24.3 Å². The van der Waals surface area contributed by atoms with Crippen LogP contribution in [-0.4, -0.2) is 30.5 Å². The van der Waals surface area contributed by atoms with Crippen molar-refractivity contribution in [2.24, 2.45) is 11.8 Å². The number of para-hydroxylation sites is 1. The van der Waals surface area contributed by atoms with E-state index in [2.05, 4.69) is 5.32 Å². The lowest BCUT2D eigenvalue weighted by molar-refractivity contribution is -0.169. The number of aliphatic hydroxyl groups excluding tert-OH is 1. The number of aliphatic hydroxyl groups is 1. The smallest absolute Gasteiger partial charge is 0.290 e. The second-order valence-corrected chi connectivity index (χ2v) is 5.68. The average Bonchev–Trinajstić information content (AvgIpc) is 2.55. The maximum Gasteiger partial charge on any atom is 0.290 e. The van der Waals surface area contributed by atoms with Crippen molar-refractivity contribution in [3.63, 3.8) is 0 Å². The molecule has 1 aromatic carbocycles. The SMILES string of the molecule is CCO[C@H]1OC(C(=O)Nc2ccccc2)=C[C@@H](C)[C@@H]1CCCO. The van der Waals surface area contributed by atoms with Crippen molar-refractivity contribution in [3.05, 3.63) is 42.2 Å². The summed E-state index contributed by atoms with van der Waals surface area (Å²) >= 11 is 0. The van der Waals surface area contributed by atoms with E-state index in [0.717, 1.165) is 12.1 Å². The predicted octanol–water partition coefficient (Wildman–Crippen LogP) is 2.93. The summed E-state index contributed by atoms with van der Waals surface area (Å²) in [4.78, 5) is 12.4. The number of carbonyl (C=O) groups is 1. The molecule has 0 bridgehead atoms. The van der Waals surface area contributed by atoms with Crippen LogP contribution in [0.3, 0.4) is 0 Å². The molecule has 1 aliphatic rings. The molecule has 1 aromatic rings. The van der Waals surface area contributed by atoms with E-state index in [1.165, 1.54) is 0 Å². The van der Waals surface area contributed by atoms with Crippen molar-refractivity contribution in [3.8, 4) is 0 Å². The van der Waals surface area contributed by atoms with Crippen LogP contribution in [0, 0.1) is 11.8 Å². The third kappa shape index (κ3) is 4.81. The molecule has 0 spiro atoms. The number of allylic oxidation sites excluding steroid dienone is 1. The van der Waals surface area contributed by atoms with Gasteiger partial charge in [-0.2, -0.15) is 0 Å². The molecule has 1 amide bonds. The predicted molar refractivity (Wildman–Crippen MR) is 88.6 cm³/mol. The van der Waals surface area contributed by atoms with Crippen molar-refractivity contribution in [2.45, 2.75) is 33.0 Å². The Morgan fingerprint density at radius 3 is 2.74 bits per heavy atom. The van der Waals surface area contributed by atoms with Crippen molar-refractivity contribution < 1.29 is 19.4 Å². The number of carbonyl (C=O) groups excluding carboxylic acids is 1.